The molecule has 0 aliphatic carbocycles. The van der Waals surface area contributed by atoms with E-state index in [2.05, 4.69) is 105 Å². The third-order valence-electron chi connectivity index (χ3n) is 4.84. The van der Waals surface area contributed by atoms with Gasteiger partial charge < -0.3 is 0 Å². The van der Waals surface area contributed by atoms with Crippen molar-refractivity contribution >= 4 is 0 Å². The lowest BCUT2D eigenvalue weighted by Crippen LogP contribution is -2.32. The Balaban J connectivity index is 5.03. The van der Waals surface area contributed by atoms with Crippen LogP contribution >= 0.6 is 0 Å². The van der Waals surface area contributed by atoms with Gasteiger partial charge in [0.05, 0.1) is 12.1 Å². The van der Waals surface area contributed by atoms with Crippen LogP contribution < -0.4 is 0 Å². The Morgan fingerprint density at radius 3 is 1.08 bits per heavy atom. The standard InChI is InChI=1S/C24H48N2/c1-19(17-23(3,4)5)15-21(25(9)10)13-14-22(26(11)12)16-20(2)18-24(6,7)8/h19-22H,15-18H2,1-12H3/t19-,20-,21+,22+/m1/s1. The molecule has 26 heavy (non-hydrogen) atoms. The predicted octanol–water partition coefficient (Wildman–Crippen LogP) is 5.78. The molecule has 0 aliphatic rings. The number of nitrogens with zero attached hydrogens (tertiary/aromatic N) is 2. The van der Waals surface area contributed by atoms with Gasteiger partial charge in [-0.3, -0.25) is 9.80 Å². The second-order valence-electron chi connectivity index (χ2n) is 11.5. The minimum absolute atomic E-state index is 0.340. The summed E-state index contributed by atoms with van der Waals surface area (Å²) in [5.74, 6) is 8.62. The molecule has 0 N–H and O–H groups in total. The van der Waals surface area contributed by atoms with E-state index in [9.17, 15) is 0 Å². The average molecular weight is 365 g/mol. The smallest absolute Gasteiger partial charge is 0.0712 e. The maximum absolute atomic E-state index is 3.62. The molecule has 2 nitrogen and oxygen atoms in total. The molecule has 0 aromatic rings. The summed E-state index contributed by atoms with van der Waals surface area (Å²) in [6, 6.07) is 0.681. The van der Waals surface area contributed by atoms with E-state index in [0.29, 0.717) is 34.7 Å². The van der Waals surface area contributed by atoms with Crippen LogP contribution in [-0.2, 0) is 0 Å². The largest absolute Gasteiger partial charge is 0.296 e. The lowest BCUT2D eigenvalue weighted by atomic mass is 9.82. The number of hydrogen-bond acceptors (Lipinski definition) is 2. The SMILES string of the molecule is C[C@H](C[C@H](C#C[C@@H](C[C@@H](C)CC(C)(C)C)N(C)C)N(C)C)CC(C)(C)C. The number of hydrogen-bond donors (Lipinski definition) is 0. The highest BCUT2D eigenvalue weighted by Gasteiger charge is 2.21. The van der Waals surface area contributed by atoms with Gasteiger partial charge in [0.15, 0.2) is 0 Å². The fourth-order valence-electron chi connectivity index (χ4n) is 4.01. The fraction of sp³-hybridized carbons (Fsp3) is 0.917. The summed E-state index contributed by atoms with van der Waals surface area (Å²) in [6.07, 6.45) is 4.79. The lowest BCUT2D eigenvalue weighted by Gasteiger charge is -2.29. The Kier molecular flexibility index (Phi) is 10.5. The first-order valence-corrected chi connectivity index (χ1v) is 10.4. The molecule has 0 aliphatic heterocycles. The molecule has 0 aromatic carbocycles. The zero-order chi connectivity index (χ0) is 20.7. The van der Waals surface area contributed by atoms with Crippen LogP contribution in [0.2, 0.25) is 0 Å². The molecule has 0 amide bonds. The lowest BCUT2D eigenvalue weighted by molar-refractivity contribution is 0.241. The van der Waals surface area contributed by atoms with Crippen molar-refractivity contribution in [1.82, 2.24) is 9.80 Å². The molecule has 4 atom stereocenters. The van der Waals surface area contributed by atoms with E-state index in [1.807, 2.05) is 0 Å². The Hall–Kier alpha value is -0.520. The summed E-state index contributed by atoms with van der Waals surface area (Å²) in [7, 11) is 8.65. The first kappa shape index (κ1) is 25.5. The monoisotopic (exact) mass is 364 g/mol. The van der Waals surface area contributed by atoms with Crippen LogP contribution in [0.4, 0.5) is 0 Å². The fourth-order valence-corrected chi connectivity index (χ4v) is 4.01. The van der Waals surface area contributed by atoms with E-state index < -0.39 is 0 Å². The molecule has 0 bridgehead atoms. The van der Waals surface area contributed by atoms with E-state index in [1.54, 1.807) is 0 Å². The molecule has 2 heteroatoms. The van der Waals surface area contributed by atoms with Crippen LogP contribution in [0, 0.1) is 34.5 Å². The highest BCUT2D eigenvalue weighted by atomic mass is 15.1. The normalized spacial score (nSPS) is 17.6. The molecular formula is C24H48N2. The third kappa shape index (κ3) is 12.8. The van der Waals surface area contributed by atoms with Gasteiger partial charge in [0, 0.05) is 0 Å². The molecule has 0 heterocycles. The van der Waals surface area contributed by atoms with Crippen molar-refractivity contribution in [3.8, 4) is 11.8 Å². The van der Waals surface area contributed by atoms with Crippen molar-refractivity contribution in [1.29, 1.82) is 0 Å². The molecule has 0 saturated carbocycles. The minimum Gasteiger partial charge on any atom is -0.296 e. The quantitative estimate of drug-likeness (QED) is 0.504. The third-order valence-corrected chi connectivity index (χ3v) is 4.84. The van der Waals surface area contributed by atoms with E-state index in [-0.39, 0.29) is 0 Å². The topological polar surface area (TPSA) is 6.48 Å². The zero-order valence-electron chi connectivity index (χ0n) is 20.0. The van der Waals surface area contributed by atoms with E-state index >= 15 is 0 Å². The van der Waals surface area contributed by atoms with Crippen molar-refractivity contribution in [3.05, 3.63) is 0 Å². The van der Waals surface area contributed by atoms with Gasteiger partial charge in [0.1, 0.15) is 0 Å². The van der Waals surface area contributed by atoms with E-state index in [0.717, 1.165) is 12.8 Å². The summed E-state index contributed by atoms with van der Waals surface area (Å²) in [4.78, 5) is 4.58. The highest BCUT2D eigenvalue weighted by molar-refractivity contribution is 5.14. The molecule has 0 spiro atoms. The summed E-state index contributed by atoms with van der Waals surface area (Å²) in [6.45, 7) is 18.7. The molecule has 0 aromatic heterocycles. The van der Waals surface area contributed by atoms with Crippen molar-refractivity contribution in [2.24, 2.45) is 22.7 Å². The van der Waals surface area contributed by atoms with Crippen molar-refractivity contribution in [2.45, 2.75) is 93.2 Å². The molecule has 154 valence electrons. The van der Waals surface area contributed by atoms with Crippen molar-refractivity contribution in [3.63, 3.8) is 0 Å². The molecular weight excluding hydrogens is 316 g/mol. The molecule has 0 saturated heterocycles. The van der Waals surface area contributed by atoms with Gasteiger partial charge in [-0.15, -0.1) is 0 Å². The predicted molar refractivity (Wildman–Crippen MR) is 118 cm³/mol. The van der Waals surface area contributed by atoms with E-state index in [4.69, 9.17) is 0 Å². The van der Waals surface area contributed by atoms with E-state index in [1.165, 1.54) is 12.8 Å². The average Bonchev–Trinajstić information content (AvgIpc) is 2.36. The second-order valence-corrected chi connectivity index (χ2v) is 11.5. The molecule has 0 rings (SSSR count). The van der Waals surface area contributed by atoms with Crippen LogP contribution in [-0.4, -0.2) is 50.1 Å². The Morgan fingerprint density at radius 2 is 0.885 bits per heavy atom. The summed E-state index contributed by atoms with van der Waals surface area (Å²) in [5, 5.41) is 0. The van der Waals surface area contributed by atoms with Crippen LogP contribution in [0.5, 0.6) is 0 Å². The highest BCUT2D eigenvalue weighted by Crippen LogP contribution is 2.28. The molecule has 0 radical (unpaired) electrons. The molecule has 0 fully saturated rings. The van der Waals surface area contributed by atoms with Crippen LogP contribution in [0.15, 0.2) is 0 Å². The van der Waals surface area contributed by atoms with Gasteiger partial charge in [0.2, 0.25) is 0 Å². The second kappa shape index (κ2) is 10.7. The van der Waals surface area contributed by atoms with Gasteiger partial charge in [-0.25, -0.2) is 0 Å². The summed E-state index contributed by atoms with van der Waals surface area (Å²) < 4.78 is 0. The van der Waals surface area contributed by atoms with Crippen molar-refractivity contribution < 1.29 is 0 Å². The van der Waals surface area contributed by atoms with Gasteiger partial charge in [-0.1, -0.05) is 67.2 Å². The summed E-state index contributed by atoms with van der Waals surface area (Å²) >= 11 is 0. The van der Waals surface area contributed by atoms with Crippen LogP contribution in [0.25, 0.3) is 0 Å². The zero-order valence-corrected chi connectivity index (χ0v) is 20.0. The van der Waals surface area contributed by atoms with Gasteiger partial charge in [-0.2, -0.15) is 0 Å². The van der Waals surface area contributed by atoms with Gasteiger partial charge in [-0.05, 0) is 76.5 Å². The number of rotatable bonds is 8. The first-order valence-electron chi connectivity index (χ1n) is 10.4. The Morgan fingerprint density at radius 1 is 0.615 bits per heavy atom. The maximum atomic E-state index is 3.62. The maximum Gasteiger partial charge on any atom is 0.0712 e. The first-order chi connectivity index (χ1) is 11.6. The minimum atomic E-state index is 0.340. The molecule has 0 unspecified atom stereocenters. The van der Waals surface area contributed by atoms with Crippen LogP contribution in [0.1, 0.15) is 81.1 Å². The van der Waals surface area contributed by atoms with Gasteiger partial charge in [0.25, 0.3) is 0 Å². The Labute approximate surface area is 166 Å². The Bertz CT molecular complexity index is 400. The van der Waals surface area contributed by atoms with Crippen molar-refractivity contribution in [2.75, 3.05) is 28.2 Å². The summed E-state index contributed by atoms with van der Waals surface area (Å²) in [5.41, 5.74) is 0.774. The van der Waals surface area contributed by atoms with Gasteiger partial charge >= 0.3 is 0 Å². The van der Waals surface area contributed by atoms with Crippen LogP contribution in [0.3, 0.4) is 0 Å².